The monoisotopic (exact) mass is 503 g/mol. The first-order chi connectivity index (χ1) is 17.3. The third kappa shape index (κ3) is 6.02. The van der Waals surface area contributed by atoms with Crippen molar-refractivity contribution in [2.75, 3.05) is 0 Å². The second kappa shape index (κ2) is 11.5. The molecule has 4 aromatic rings. The van der Waals surface area contributed by atoms with Crippen molar-refractivity contribution in [3.05, 3.63) is 103 Å². The highest BCUT2D eigenvalue weighted by atomic mass is 32.1. The van der Waals surface area contributed by atoms with Crippen molar-refractivity contribution in [1.82, 2.24) is 14.5 Å². The molecule has 0 aliphatic carbocycles. The highest BCUT2D eigenvalue weighted by Gasteiger charge is 2.15. The summed E-state index contributed by atoms with van der Waals surface area (Å²) in [6, 6.07) is 16.2. The maximum atomic E-state index is 13.4. The van der Waals surface area contributed by atoms with Gasteiger partial charge in [0.1, 0.15) is 4.70 Å². The van der Waals surface area contributed by atoms with E-state index in [1.54, 1.807) is 4.57 Å². The second-order valence-corrected chi connectivity index (χ2v) is 10.4. The van der Waals surface area contributed by atoms with Crippen molar-refractivity contribution in [2.24, 2.45) is 0 Å². The predicted octanol–water partition coefficient (Wildman–Crippen LogP) is 5.08. The number of hydrogen-bond donors (Lipinski definition) is 1. The summed E-state index contributed by atoms with van der Waals surface area (Å²) in [5.41, 5.74) is 5.80. The van der Waals surface area contributed by atoms with Crippen molar-refractivity contribution in [2.45, 2.75) is 66.1 Å². The van der Waals surface area contributed by atoms with Gasteiger partial charge in [0.15, 0.2) is 0 Å². The Morgan fingerprint density at radius 1 is 0.889 bits per heavy atom. The number of carbonyl (C=O) groups is 1. The van der Waals surface area contributed by atoms with Crippen LogP contribution in [-0.2, 0) is 24.4 Å². The molecule has 1 amide bonds. The second-order valence-electron chi connectivity index (χ2n) is 9.46. The van der Waals surface area contributed by atoms with Crippen LogP contribution in [0.15, 0.2) is 63.5 Å². The number of thiophene rings is 1. The highest BCUT2D eigenvalue weighted by Crippen LogP contribution is 2.18. The van der Waals surface area contributed by atoms with Gasteiger partial charge in [-0.2, -0.15) is 0 Å². The summed E-state index contributed by atoms with van der Waals surface area (Å²) in [5.74, 6) is 0.0172. The standard InChI is InChI=1S/C29H33N3O3S/c1-20-9-12-23(13-10-20)18-30-26(33)7-5-4-6-15-31-28(34)27-25(14-16-36-27)32(29(31)35)19-24-17-21(2)8-11-22(24)3/h8-14,16-17H,4-7,15,18-19H2,1-3H3,(H,30,33). The first-order valence-electron chi connectivity index (χ1n) is 12.4. The Balaban J connectivity index is 1.37. The van der Waals surface area contributed by atoms with Gasteiger partial charge in [-0.15, -0.1) is 11.3 Å². The average Bonchev–Trinajstić information content (AvgIpc) is 3.35. The van der Waals surface area contributed by atoms with E-state index in [9.17, 15) is 14.4 Å². The number of carbonyl (C=O) groups excluding carboxylic acids is 1. The Bertz CT molecular complexity index is 1480. The zero-order valence-electron chi connectivity index (χ0n) is 21.2. The van der Waals surface area contributed by atoms with Gasteiger partial charge < -0.3 is 5.32 Å². The van der Waals surface area contributed by atoms with Crippen molar-refractivity contribution in [3.8, 4) is 0 Å². The summed E-state index contributed by atoms with van der Waals surface area (Å²) in [7, 11) is 0. The first-order valence-corrected chi connectivity index (χ1v) is 13.3. The quantitative estimate of drug-likeness (QED) is 0.307. The maximum Gasteiger partial charge on any atom is 0.331 e. The molecule has 0 bridgehead atoms. The molecule has 0 aliphatic rings. The van der Waals surface area contributed by atoms with Crippen LogP contribution in [0.1, 0.15) is 53.5 Å². The lowest BCUT2D eigenvalue weighted by Crippen LogP contribution is -2.40. The molecule has 2 heterocycles. The first kappa shape index (κ1) is 25.6. The molecule has 4 rings (SSSR count). The normalized spacial score (nSPS) is 11.2. The molecule has 2 aromatic carbocycles. The van der Waals surface area contributed by atoms with Gasteiger partial charge in [-0.25, -0.2) is 4.79 Å². The van der Waals surface area contributed by atoms with Crippen LogP contribution in [0.2, 0.25) is 0 Å². The fraction of sp³-hybridized carbons (Fsp3) is 0.345. The smallest absolute Gasteiger partial charge is 0.331 e. The summed E-state index contributed by atoms with van der Waals surface area (Å²) < 4.78 is 3.69. The minimum Gasteiger partial charge on any atom is -0.352 e. The molecule has 188 valence electrons. The molecular formula is C29H33N3O3S. The van der Waals surface area contributed by atoms with E-state index in [1.807, 2.05) is 56.5 Å². The van der Waals surface area contributed by atoms with E-state index in [2.05, 4.69) is 23.5 Å². The van der Waals surface area contributed by atoms with Gasteiger partial charge in [0.25, 0.3) is 5.56 Å². The lowest BCUT2D eigenvalue weighted by molar-refractivity contribution is -0.121. The molecule has 0 atom stereocenters. The number of aromatic nitrogens is 2. The molecule has 36 heavy (non-hydrogen) atoms. The van der Waals surface area contributed by atoms with Crippen LogP contribution in [-0.4, -0.2) is 15.0 Å². The lowest BCUT2D eigenvalue weighted by Gasteiger charge is -2.14. The third-order valence-electron chi connectivity index (χ3n) is 6.57. The van der Waals surface area contributed by atoms with Crippen LogP contribution >= 0.6 is 11.3 Å². The van der Waals surface area contributed by atoms with Gasteiger partial charge in [-0.1, -0.05) is 60.0 Å². The fourth-order valence-corrected chi connectivity index (χ4v) is 5.19. The van der Waals surface area contributed by atoms with Crippen molar-refractivity contribution in [1.29, 1.82) is 0 Å². The van der Waals surface area contributed by atoms with Crippen LogP contribution in [0.25, 0.3) is 10.2 Å². The number of benzene rings is 2. The summed E-state index contributed by atoms with van der Waals surface area (Å²) in [5, 5.41) is 4.82. The Morgan fingerprint density at radius 2 is 1.64 bits per heavy atom. The molecule has 0 radical (unpaired) electrons. The molecule has 2 aromatic heterocycles. The number of nitrogens with zero attached hydrogens (tertiary/aromatic N) is 2. The number of aryl methyl sites for hydroxylation is 3. The van der Waals surface area contributed by atoms with E-state index in [4.69, 9.17) is 0 Å². The average molecular weight is 504 g/mol. The predicted molar refractivity (Wildman–Crippen MR) is 147 cm³/mol. The zero-order chi connectivity index (χ0) is 25.7. The Labute approximate surface area is 215 Å². The summed E-state index contributed by atoms with van der Waals surface area (Å²) in [6.07, 6.45) is 2.58. The molecular weight excluding hydrogens is 470 g/mol. The molecule has 1 N–H and O–H groups in total. The van der Waals surface area contributed by atoms with Gasteiger partial charge in [0.2, 0.25) is 5.91 Å². The van der Waals surface area contributed by atoms with Crippen molar-refractivity contribution >= 4 is 27.5 Å². The summed E-state index contributed by atoms with van der Waals surface area (Å²) >= 11 is 1.37. The molecule has 0 saturated heterocycles. The molecule has 0 unspecified atom stereocenters. The topological polar surface area (TPSA) is 73.1 Å². The van der Waals surface area contributed by atoms with E-state index >= 15 is 0 Å². The van der Waals surface area contributed by atoms with Crippen LogP contribution < -0.4 is 16.6 Å². The lowest BCUT2D eigenvalue weighted by atomic mass is 10.1. The fourth-order valence-electron chi connectivity index (χ4n) is 4.35. The molecule has 0 spiro atoms. The van der Waals surface area contributed by atoms with E-state index in [1.165, 1.54) is 21.5 Å². The van der Waals surface area contributed by atoms with Crippen LogP contribution in [0.4, 0.5) is 0 Å². The van der Waals surface area contributed by atoms with Gasteiger partial charge >= 0.3 is 5.69 Å². The number of fused-ring (bicyclic) bond motifs is 1. The Hall–Kier alpha value is -3.45. The van der Waals surface area contributed by atoms with Crippen molar-refractivity contribution in [3.63, 3.8) is 0 Å². The number of amides is 1. The number of rotatable bonds is 10. The van der Waals surface area contributed by atoms with E-state index in [0.29, 0.717) is 49.1 Å². The molecule has 0 aliphatic heterocycles. The largest absolute Gasteiger partial charge is 0.352 e. The third-order valence-corrected chi connectivity index (χ3v) is 7.46. The van der Waals surface area contributed by atoms with Crippen LogP contribution in [0.5, 0.6) is 0 Å². The van der Waals surface area contributed by atoms with E-state index in [0.717, 1.165) is 28.7 Å². The van der Waals surface area contributed by atoms with E-state index in [-0.39, 0.29) is 17.2 Å². The highest BCUT2D eigenvalue weighted by molar-refractivity contribution is 7.17. The molecule has 0 fully saturated rings. The van der Waals surface area contributed by atoms with Crippen molar-refractivity contribution < 1.29 is 4.79 Å². The van der Waals surface area contributed by atoms with Crippen LogP contribution in [0, 0.1) is 20.8 Å². The molecule has 6 nitrogen and oxygen atoms in total. The van der Waals surface area contributed by atoms with E-state index < -0.39 is 0 Å². The minimum atomic E-state index is -0.275. The summed E-state index contributed by atoms with van der Waals surface area (Å²) in [6.45, 7) is 7.42. The van der Waals surface area contributed by atoms with Gasteiger partial charge in [-0.3, -0.25) is 18.7 Å². The van der Waals surface area contributed by atoms with Gasteiger partial charge in [0, 0.05) is 19.5 Å². The Morgan fingerprint density at radius 3 is 2.42 bits per heavy atom. The Kier molecular flexibility index (Phi) is 8.21. The SMILES string of the molecule is Cc1ccc(CNC(=O)CCCCCn2c(=O)c3sccc3n(Cc3cc(C)ccc3C)c2=O)cc1. The molecule has 0 saturated carbocycles. The van der Waals surface area contributed by atoms with Crippen LogP contribution in [0.3, 0.4) is 0 Å². The minimum absolute atomic E-state index is 0.0172. The number of unbranched alkanes of at least 4 members (excludes halogenated alkanes) is 2. The van der Waals surface area contributed by atoms with Gasteiger partial charge in [0.05, 0.1) is 12.1 Å². The molecule has 7 heteroatoms. The maximum absolute atomic E-state index is 13.4. The van der Waals surface area contributed by atoms with Gasteiger partial charge in [-0.05, 0) is 61.7 Å². The zero-order valence-corrected chi connectivity index (χ0v) is 22.0. The summed E-state index contributed by atoms with van der Waals surface area (Å²) in [4.78, 5) is 38.6. The number of hydrogen-bond acceptors (Lipinski definition) is 4. The number of nitrogens with one attached hydrogen (secondary N) is 1.